The zero-order chi connectivity index (χ0) is 12.3. The molecule has 18 heavy (non-hydrogen) atoms. The van der Waals surface area contributed by atoms with Crippen LogP contribution in [0.2, 0.25) is 0 Å². The number of carbonyl (C=O) groups is 2. The Bertz CT molecular complexity index is 321. The van der Waals surface area contributed by atoms with Gasteiger partial charge in [-0.2, -0.15) is 0 Å². The van der Waals surface area contributed by atoms with Crippen LogP contribution in [0.4, 0.5) is 4.79 Å². The molecule has 0 bridgehead atoms. The number of rotatable bonds is 3. The molecule has 0 aromatic heterocycles. The van der Waals surface area contributed by atoms with E-state index in [9.17, 15) is 9.59 Å². The summed E-state index contributed by atoms with van der Waals surface area (Å²) in [7, 11) is 0. The molecular weight excluding hydrogens is 274 g/mol. The highest BCUT2D eigenvalue weighted by atomic mass is 35.5. The number of amides is 2. The first kappa shape index (κ1) is 15.6. The van der Waals surface area contributed by atoms with Crippen LogP contribution >= 0.6 is 24.2 Å². The number of piperidine rings is 1. The molecule has 2 aliphatic rings. The van der Waals surface area contributed by atoms with Gasteiger partial charge in [-0.05, 0) is 31.3 Å². The van der Waals surface area contributed by atoms with Gasteiger partial charge in [0.1, 0.15) is 6.04 Å². The van der Waals surface area contributed by atoms with Gasteiger partial charge in [-0.25, -0.2) is 0 Å². The molecular formula is C11H20ClN3O2S. The molecule has 104 valence electrons. The van der Waals surface area contributed by atoms with E-state index in [1.807, 2.05) is 0 Å². The molecule has 0 aromatic carbocycles. The molecule has 0 saturated carbocycles. The quantitative estimate of drug-likeness (QED) is 0.718. The van der Waals surface area contributed by atoms with E-state index in [-0.39, 0.29) is 35.0 Å². The van der Waals surface area contributed by atoms with Gasteiger partial charge in [-0.3, -0.25) is 9.59 Å². The fourth-order valence-electron chi connectivity index (χ4n) is 2.16. The summed E-state index contributed by atoms with van der Waals surface area (Å²) < 4.78 is 0. The first-order valence-electron chi connectivity index (χ1n) is 6.01. The number of nitrogens with one attached hydrogen (secondary N) is 3. The van der Waals surface area contributed by atoms with Gasteiger partial charge in [0.25, 0.3) is 5.24 Å². The Morgan fingerprint density at radius 3 is 2.72 bits per heavy atom. The van der Waals surface area contributed by atoms with Crippen molar-refractivity contribution in [2.24, 2.45) is 5.41 Å². The van der Waals surface area contributed by atoms with Crippen molar-refractivity contribution in [1.29, 1.82) is 0 Å². The van der Waals surface area contributed by atoms with Crippen molar-refractivity contribution in [3.8, 4) is 0 Å². The zero-order valence-electron chi connectivity index (χ0n) is 10.5. The molecule has 0 unspecified atom stereocenters. The third kappa shape index (κ3) is 4.03. The van der Waals surface area contributed by atoms with E-state index >= 15 is 0 Å². The summed E-state index contributed by atoms with van der Waals surface area (Å²) in [5, 5.41) is 8.83. The largest absolute Gasteiger partial charge is 0.354 e. The van der Waals surface area contributed by atoms with Gasteiger partial charge in [0.05, 0.1) is 0 Å². The van der Waals surface area contributed by atoms with Crippen molar-refractivity contribution in [1.82, 2.24) is 16.0 Å². The molecule has 0 spiro atoms. The Morgan fingerprint density at radius 1 is 1.50 bits per heavy atom. The molecule has 2 heterocycles. The van der Waals surface area contributed by atoms with Crippen LogP contribution in [-0.2, 0) is 4.79 Å². The topological polar surface area (TPSA) is 70.2 Å². The van der Waals surface area contributed by atoms with E-state index in [2.05, 4.69) is 22.9 Å². The molecule has 2 aliphatic heterocycles. The summed E-state index contributed by atoms with van der Waals surface area (Å²) in [5.41, 5.74) is 0.191. The van der Waals surface area contributed by atoms with Crippen LogP contribution in [0.3, 0.4) is 0 Å². The highest BCUT2D eigenvalue weighted by Gasteiger charge is 2.31. The standard InChI is InChI=1S/C11H19N3O2S.ClH/c1-11(2-4-12-5-3-11)7-13-9(15)8-6-17-10(16)14-8;/h8,12H,2-7H2,1H3,(H,13,15)(H,14,16);1H/t8-;/m0./s1. The molecule has 0 aromatic rings. The Morgan fingerprint density at radius 2 is 2.17 bits per heavy atom. The first-order chi connectivity index (χ1) is 8.09. The molecule has 2 amide bonds. The van der Waals surface area contributed by atoms with Crippen molar-refractivity contribution < 1.29 is 9.59 Å². The fraction of sp³-hybridized carbons (Fsp3) is 0.818. The van der Waals surface area contributed by atoms with Crippen LogP contribution in [0.1, 0.15) is 19.8 Å². The number of carbonyl (C=O) groups excluding carboxylic acids is 2. The minimum absolute atomic E-state index is 0. The highest BCUT2D eigenvalue weighted by Crippen LogP contribution is 2.26. The second-order valence-electron chi connectivity index (χ2n) is 5.07. The molecule has 1 atom stereocenters. The molecule has 2 saturated heterocycles. The maximum Gasteiger partial charge on any atom is 0.279 e. The molecule has 0 aliphatic carbocycles. The average molecular weight is 294 g/mol. The number of hydrogen-bond acceptors (Lipinski definition) is 4. The van der Waals surface area contributed by atoms with Crippen LogP contribution in [0.15, 0.2) is 0 Å². The third-order valence-corrected chi connectivity index (χ3v) is 4.37. The van der Waals surface area contributed by atoms with Gasteiger partial charge >= 0.3 is 0 Å². The lowest BCUT2D eigenvalue weighted by Crippen LogP contribution is -2.48. The summed E-state index contributed by atoms with van der Waals surface area (Å²) in [6.07, 6.45) is 2.16. The molecule has 7 heteroatoms. The van der Waals surface area contributed by atoms with Gasteiger partial charge in [0.2, 0.25) is 5.91 Å². The van der Waals surface area contributed by atoms with E-state index in [4.69, 9.17) is 0 Å². The highest BCUT2D eigenvalue weighted by molar-refractivity contribution is 8.14. The molecule has 5 nitrogen and oxygen atoms in total. The predicted octanol–water partition coefficient (Wildman–Crippen LogP) is 0.739. The normalized spacial score (nSPS) is 26.1. The summed E-state index contributed by atoms with van der Waals surface area (Å²) in [4.78, 5) is 22.8. The smallest absolute Gasteiger partial charge is 0.279 e. The van der Waals surface area contributed by atoms with Crippen molar-refractivity contribution >= 4 is 35.3 Å². The Kier molecular flexibility index (Phi) is 5.75. The Hall–Kier alpha value is -0.460. The SMILES string of the molecule is CC1(CNC(=O)[C@@H]2CSC(=O)N2)CCNCC1.Cl. The molecule has 0 radical (unpaired) electrons. The number of thioether (sulfide) groups is 1. The van der Waals surface area contributed by atoms with Crippen molar-refractivity contribution in [3.63, 3.8) is 0 Å². The third-order valence-electron chi connectivity index (χ3n) is 3.49. The summed E-state index contributed by atoms with van der Waals surface area (Å²) in [6.45, 7) is 4.94. The molecule has 2 fully saturated rings. The second kappa shape index (κ2) is 6.63. The summed E-state index contributed by atoms with van der Waals surface area (Å²) >= 11 is 1.17. The minimum Gasteiger partial charge on any atom is -0.354 e. The van der Waals surface area contributed by atoms with Gasteiger partial charge in [-0.15, -0.1) is 12.4 Å². The maximum atomic E-state index is 11.8. The second-order valence-corrected chi connectivity index (χ2v) is 6.07. The first-order valence-corrected chi connectivity index (χ1v) is 6.99. The summed E-state index contributed by atoms with van der Waals surface area (Å²) in [5.74, 6) is 0.492. The number of hydrogen-bond donors (Lipinski definition) is 3. The van der Waals surface area contributed by atoms with E-state index in [1.54, 1.807) is 0 Å². The van der Waals surface area contributed by atoms with Gasteiger partial charge in [-0.1, -0.05) is 18.7 Å². The maximum absolute atomic E-state index is 11.8. The zero-order valence-corrected chi connectivity index (χ0v) is 12.1. The van der Waals surface area contributed by atoms with Crippen molar-refractivity contribution in [3.05, 3.63) is 0 Å². The van der Waals surface area contributed by atoms with Gasteiger partial charge < -0.3 is 16.0 Å². The van der Waals surface area contributed by atoms with Crippen LogP contribution in [0, 0.1) is 5.41 Å². The predicted molar refractivity (Wildman–Crippen MR) is 75.2 cm³/mol. The van der Waals surface area contributed by atoms with Crippen molar-refractivity contribution in [2.45, 2.75) is 25.8 Å². The lowest BCUT2D eigenvalue weighted by molar-refractivity contribution is -0.122. The van der Waals surface area contributed by atoms with Crippen LogP contribution < -0.4 is 16.0 Å². The fourth-order valence-corrected chi connectivity index (χ4v) is 2.93. The lowest BCUT2D eigenvalue weighted by Gasteiger charge is -2.34. The lowest BCUT2D eigenvalue weighted by atomic mass is 9.81. The number of halogens is 1. The van der Waals surface area contributed by atoms with Crippen LogP contribution in [0.25, 0.3) is 0 Å². The van der Waals surface area contributed by atoms with Crippen LogP contribution in [0.5, 0.6) is 0 Å². The molecule has 2 rings (SSSR count). The van der Waals surface area contributed by atoms with Gasteiger partial charge in [0.15, 0.2) is 0 Å². The molecule has 3 N–H and O–H groups in total. The Labute approximate surface area is 118 Å². The van der Waals surface area contributed by atoms with Crippen molar-refractivity contribution in [2.75, 3.05) is 25.4 Å². The van der Waals surface area contributed by atoms with Gasteiger partial charge in [0, 0.05) is 12.3 Å². The van der Waals surface area contributed by atoms with E-state index in [0.29, 0.717) is 12.3 Å². The minimum atomic E-state index is -0.349. The summed E-state index contributed by atoms with van der Waals surface area (Å²) in [6, 6.07) is -0.349. The average Bonchev–Trinajstić information content (AvgIpc) is 2.74. The van der Waals surface area contributed by atoms with E-state index in [0.717, 1.165) is 25.9 Å². The van der Waals surface area contributed by atoms with Crippen LogP contribution in [-0.4, -0.2) is 42.6 Å². The van der Waals surface area contributed by atoms with E-state index in [1.165, 1.54) is 11.8 Å². The monoisotopic (exact) mass is 293 g/mol. The Balaban J connectivity index is 0.00000162. The van der Waals surface area contributed by atoms with E-state index < -0.39 is 0 Å².